The molecule has 158 valence electrons. The molecule has 3 rings (SSSR count). The lowest BCUT2D eigenvalue weighted by molar-refractivity contribution is -0.152. The summed E-state index contributed by atoms with van der Waals surface area (Å²) in [6, 6.07) is 6.49. The van der Waals surface area contributed by atoms with Gasteiger partial charge in [0.05, 0.1) is 35.4 Å². The largest absolute Gasteiger partial charge is 0.387 e. The van der Waals surface area contributed by atoms with Crippen LogP contribution in [0.5, 0.6) is 0 Å². The Morgan fingerprint density at radius 2 is 1.89 bits per heavy atom. The van der Waals surface area contributed by atoms with Gasteiger partial charge in [0.1, 0.15) is 0 Å². The number of benzene rings is 1. The molecule has 2 saturated heterocycles. The van der Waals surface area contributed by atoms with E-state index in [1.165, 1.54) is 12.1 Å². The standard InChI is InChI=1S/C20H30O7S/c1-14-5-7-16(8-6-14)28(22,23)25-11-9-18-20(21,10-12-24-18)13-17-15(2)26-19(3,4)27-17/h5-8,15,17-18,21H,9-13H2,1-4H3/t15-,17?,18-,20+/m0/s1. The lowest BCUT2D eigenvalue weighted by Crippen LogP contribution is -2.43. The molecule has 2 aliphatic heterocycles. The van der Waals surface area contributed by atoms with E-state index in [1.807, 2.05) is 27.7 Å². The smallest absolute Gasteiger partial charge is 0.296 e. The van der Waals surface area contributed by atoms with Crippen LogP contribution in [0.1, 0.15) is 45.6 Å². The Morgan fingerprint density at radius 1 is 1.21 bits per heavy atom. The van der Waals surface area contributed by atoms with Gasteiger partial charge in [-0.15, -0.1) is 0 Å². The predicted molar refractivity (Wildman–Crippen MR) is 102 cm³/mol. The third-order valence-corrected chi connectivity index (χ3v) is 6.69. The van der Waals surface area contributed by atoms with Gasteiger partial charge in [-0.2, -0.15) is 8.42 Å². The first-order chi connectivity index (χ1) is 13.0. The highest BCUT2D eigenvalue weighted by Crippen LogP contribution is 2.38. The molecule has 2 heterocycles. The molecule has 1 unspecified atom stereocenters. The van der Waals surface area contributed by atoms with Gasteiger partial charge < -0.3 is 19.3 Å². The van der Waals surface area contributed by atoms with Crippen LogP contribution in [-0.2, 0) is 28.5 Å². The number of aliphatic hydroxyl groups is 1. The van der Waals surface area contributed by atoms with Gasteiger partial charge in [-0.1, -0.05) is 17.7 Å². The third-order valence-electron chi connectivity index (χ3n) is 5.36. The molecule has 0 amide bonds. The average molecular weight is 415 g/mol. The summed E-state index contributed by atoms with van der Waals surface area (Å²) in [4.78, 5) is 0.119. The summed E-state index contributed by atoms with van der Waals surface area (Å²) in [5.74, 6) is -0.680. The van der Waals surface area contributed by atoms with Crippen LogP contribution in [0.15, 0.2) is 29.2 Å². The van der Waals surface area contributed by atoms with E-state index in [-0.39, 0.29) is 30.1 Å². The molecule has 2 fully saturated rings. The maximum atomic E-state index is 12.3. The normalized spacial score (nSPS) is 32.7. The fourth-order valence-electron chi connectivity index (χ4n) is 3.89. The second-order valence-electron chi connectivity index (χ2n) is 8.17. The van der Waals surface area contributed by atoms with E-state index in [0.29, 0.717) is 19.4 Å². The molecule has 28 heavy (non-hydrogen) atoms. The quantitative estimate of drug-likeness (QED) is 0.686. The Morgan fingerprint density at radius 3 is 2.50 bits per heavy atom. The van der Waals surface area contributed by atoms with Crippen molar-refractivity contribution in [1.29, 1.82) is 0 Å². The fraction of sp³-hybridized carbons (Fsp3) is 0.700. The third kappa shape index (κ3) is 4.93. The van der Waals surface area contributed by atoms with E-state index in [1.54, 1.807) is 12.1 Å². The highest BCUT2D eigenvalue weighted by atomic mass is 32.2. The van der Waals surface area contributed by atoms with Crippen molar-refractivity contribution in [3.05, 3.63) is 29.8 Å². The molecule has 0 aliphatic carbocycles. The summed E-state index contributed by atoms with van der Waals surface area (Å²) in [5, 5.41) is 11.1. The minimum atomic E-state index is -3.83. The van der Waals surface area contributed by atoms with Gasteiger partial charge in [-0.05, 0) is 39.8 Å². The van der Waals surface area contributed by atoms with E-state index in [0.717, 1.165) is 5.56 Å². The molecule has 4 atom stereocenters. The van der Waals surface area contributed by atoms with Gasteiger partial charge >= 0.3 is 0 Å². The lowest BCUT2D eigenvalue weighted by atomic mass is 9.86. The first-order valence-corrected chi connectivity index (χ1v) is 11.1. The second-order valence-corrected chi connectivity index (χ2v) is 9.79. The number of aryl methyl sites for hydroxylation is 1. The number of ether oxygens (including phenoxy) is 3. The van der Waals surface area contributed by atoms with Gasteiger partial charge in [0.15, 0.2) is 5.79 Å². The summed E-state index contributed by atoms with van der Waals surface area (Å²) >= 11 is 0. The first-order valence-electron chi connectivity index (χ1n) is 9.66. The van der Waals surface area contributed by atoms with Gasteiger partial charge in [0, 0.05) is 25.9 Å². The van der Waals surface area contributed by atoms with Crippen LogP contribution in [-0.4, -0.2) is 56.4 Å². The highest BCUT2D eigenvalue weighted by Gasteiger charge is 2.48. The Bertz CT molecular complexity index is 774. The average Bonchev–Trinajstić information content (AvgIpc) is 3.06. The van der Waals surface area contributed by atoms with Crippen molar-refractivity contribution in [3.63, 3.8) is 0 Å². The molecule has 1 aromatic carbocycles. The Labute approximate surface area is 167 Å². The molecular formula is C20H30O7S. The summed E-state index contributed by atoms with van der Waals surface area (Å²) in [5.41, 5.74) is -0.126. The van der Waals surface area contributed by atoms with Gasteiger partial charge in [-0.3, -0.25) is 4.18 Å². The maximum absolute atomic E-state index is 12.3. The second kappa shape index (κ2) is 8.01. The monoisotopic (exact) mass is 414 g/mol. The van der Waals surface area contributed by atoms with Gasteiger partial charge in [0.25, 0.3) is 10.1 Å². The van der Waals surface area contributed by atoms with Crippen molar-refractivity contribution >= 4 is 10.1 Å². The van der Waals surface area contributed by atoms with Crippen LogP contribution in [0.3, 0.4) is 0 Å². The van der Waals surface area contributed by atoms with Crippen molar-refractivity contribution in [2.45, 2.75) is 81.6 Å². The Hall–Kier alpha value is -1.03. The molecule has 0 bridgehead atoms. The topological polar surface area (TPSA) is 91.3 Å². The molecule has 1 aromatic rings. The van der Waals surface area contributed by atoms with Crippen molar-refractivity contribution in [2.75, 3.05) is 13.2 Å². The van der Waals surface area contributed by atoms with Crippen LogP contribution in [0.25, 0.3) is 0 Å². The maximum Gasteiger partial charge on any atom is 0.296 e. The zero-order chi connectivity index (χ0) is 20.6. The van der Waals surface area contributed by atoms with E-state index in [9.17, 15) is 13.5 Å². The van der Waals surface area contributed by atoms with Crippen LogP contribution < -0.4 is 0 Å². The molecule has 2 aliphatic rings. The van der Waals surface area contributed by atoms with Crippen LogP contribution in [0.4, 0.5) is 0 Å². The fourth-order valence-corrected chi connectivity index (χ4v) is 4.81. The molecule has 8 heteroatoms. The van der Waals surface area contributed by atoms with Gasteiger partial charge in [-0.25, -0.2) is 0 Å². The minimum absolute atomic E-state index is 0.0632. The van der Waals surface area contributed by atoms with E-state index >= 15 is 0 Å². The SMILES string of the molecule is Cc1ccc(S(=O)(=O)OCC[C@@H]2OCC[C@@]2(O)CC2OC(C)(C)O[C@H]2C)cc1. The van der Waals surface area contributed by atoms with Crippen molar-refractivity contribution in [3.8, 4) is 0 Å². The molecular weight excluding hydrogens is 384 g/mol. The van der Waals surface area contributed by atoms with Gasteiger partial charge in [0.2, 0.25) is 0 Å². The Kier molecular flexibility index (Phi) is 6.20. The van der Waals surface area contributed by atoms with Crippen molar-refractivity contribution < 1.29 is 31.9 Å². The molecule has 0 aromatic heterocycles. The number of rotatable bonds is 7. The minimum Gasteiger partial charge on any atom is -0.387 e. The van der Waals surface area contributed by atoms with E-state index in [2.05, 4.69) is 0 Å². The predicted octanol–water partition coefficient (Wildman–Crippen LogP) is 2.54. The van der Waals surface area contributed by atoms with Crippen LogP contribution in [0.2, 0.25) is 0 Å². The summed E-state index contributed by atoms with van der Waals surface area (Å²) in [6.07, 6.45) is 0.204. The van der Waals surface area contributed by atoms with Crippen LogP contribution in [0, 0.1) is 6.92 Å². The van der Waals surface area contributed by atoms with Crippen molar-refractivity contribution in [1.82, 2.24) is 0 Å². The van der Waals surface area contributed by atoms with E-state index < -0.39 is 27.6 Å². The van der Waals surface area contributed by atoms with Crippen molar-refractivity contribution in [2.24, 2.45) is 0 Å². The lowest BCUT2D eigenvalue weighted by Gasteiger charge is -2.31. The molecule has 0 radical (unpaired) electrons. The summed E-state index contributed by atoms with van der Waals surface area (Å²) < 4.78 is 47.1. The zero-order valence-corrected chi connectivity index (χ0v) is 17.7. The molecule has 7 nitrogen and oxygen atoms in total. The summed E-state index contributed by atoms with van der Waals surface area (Å²) in [7, 11) is -3.83. The molecule has 0 saturated carbocycles. The Balaban J connectivity index is 1.57. The summed E-state index contributed by atoms with van der Waals surface area (Å²) in [6.45, 7) is 7.85. The van der Waals surface area contributed by atoms with E-state index in [4.69, 9.17) is 18.4 Å². The molecule has 1 N–H and O–H groups in total. The number of hydrogen-bond donors (Lipinski definition) is 1. The number of hydrogen-bond acceptors (Lipinski definition) is 7. The zero-order valence-electron chi connectivity index (χ0n) is 16.9. The first kappa shape index (κ1) is 21.7. The molecule has 0 spiro atoms. The van der Waals surface area contributed by atoms with Crippen LogP contribution >= 0.6 is 0 Å². The highest BCUT2D eigenvalue weighted by molar-refractivity contribution is 7.86.